The summed E-state index contributed by atoms with van der Waals surface area (Å²) in [6.07, 6.45) is 5.27. The van der Waals surface area contributed by atoms with E-state index in [1.807, 2.05) is 6.92 Å². The molecule has 108 valence electrons. The smallest absolute Gasteiger partial charge is 0.309 e. The lowest BCUT2D eigenvalue weighted by Gasteiger charge is -2.39. The molecule has 2 aliphatic carbocycles. The maximum absolute atomic E-state index is 12.1. The van der Waals surface area contributed by atoms with Gasteiger partial charge in [-0.15, -0.1) is 0 Å². The molecule has 2 nitrogen and oxygen atoms in total. The van der Waals surface area contributed by atoms with Gasteiger partial charge in [0.15, 0.2) is 0 Å². The van der Waals surface area contributed by atoms with Gasteiger partial charge in [0.2, 0.25) is 0 Å². The molecule has 0 unspecified atom stereocenters. The van der Waals surface area contributed by atoms with E-state index < -0.39 is 0 Å². The molecule has 0 N–H and O–H groups in total. The Morgan fingerprint density at radius 3 is 2.80 bits per heavy atom. The van der Waals surface area contributed by atoms with Gasteiger partial charge in [0.25, 0.3) is 0 Å². The first-order chi connectivity index (χ1) is 9.43. The third-order valence-corrected chi connectivity index (χ3v) is 5.83. The van der Waals surface area contributed by atoms with E-state index in [0.717, 1.165) is 24.8 Å². The lowest BCUT2D eigenvalue weighted by Crippen LogP contribution is -2.39. The predicted octanol–water partition coefficient (Wildman–Crippen LogP) is 4.19. The zero-order valence-electron chi connectivity index (χ0n) is 13.0. The molecule has 2 heteroatoms. The van der Waals surface area contributed by atoms with Crippen LogP contribution in [0.2, 0.25) is 0 Å². The standard InChI is InChI=1S/C18H24O2/c1-6-18-12(4)9-11(3)15(18)10(2)7-8-14-13(5)17(19)20-16(14)18/h9,13-14,16H,3,6-8H2,1-2,4-5H3/t13-,14-,16-,18-/m0/s1. The van der Waals surface area contributed by atoms with E-state index in [4.69, 9.17) is 4.74 Å². The maximum atomic E-state index is 12.1. The minimum atomic E-state index is -0.122. The molecule has 1 heterocycles. The van der Waals surface area contributed by atoms with Gasteiger partial charge >= 0.3 is 5.97 Å². The number of hydrogen-bond donors (Lipinski definition) is 0. The first-order valence-electron chi connectivity index (χ1n) is 7.72. The highest BCUT2D eigenvalue weighted by molar-refractivity contribution is 5.76. The summed E-state index contributed by atoms with van der Waals surface area (Å²) in [5.74, 6) is 0.346. The summed E-state index contributed by atoms with van der Waals surface area (Å²) in [6, 6.07) is 0. The Morgan fingerprint density at radius 2 is 2.15 bits per heavy atom. The summed E-state index contributed by atoms with van der Waals surface area (Å²) in [5, 5.41) is 0. The van der Waals surface area contributed by atoms with Gasteiger partial charge in [0, 0.05) is 5.92 Å². The third-order valence-electron chi connectivity index (χ3n) is 5.83. The largest absolute Gasteiger partial charge is 0.461 e. The fourth-order valence-corrected chi connectivity index (χ4v) is 4.76. The van der Waals surface area contributed by atoms with Crippen molar-refractivity contribution >= 4 is 5.97 Å². The van der Waals surface area contributed by atoms with Crippen molar-refractivity contribution in [2.24, 2.45) is 17.3 Å². The van der Waals surface area contributed by atoms with E-state index in [-0.39, 0.29) is 23.4 Å². The molecule has 1 saturated heterocycles. The van der Waals surface area contributed by atoms with Crippen molar-refractivity contribution in [2.75, 3.05) is 0 Å². The number of rotatable bonds is 1. The SMILES string of the molecule is C=C1C=C(C)[C@@]2(CC)C1=C(C)CC[C@H]1[C@H](C)C(=O)O[C@@H]12. The van der Waals surface area contributed by atoms with Crippen molar-refractivity contribution in [3.05, 3.63) is 34.9 Å². The molecule has 0 aromatic heterocycles. The number of allylic oxidation sites excluding steroid dienone is 3. The van der Waals surface area contributed by atoms with E-state index in [0.29, 0.717) is 5.92 Å². The first-order valence-corrected chi connectivity index (χ1v) is 7.72. The summed E-state index contributed by atoms with van der Waals surface area (Å²) in [7, 11) is 0. The fourth-order valence-electron chi connectivity index (χ4n) is 4.76. The molecule has 0 amide bonds. The third kappa shape index (κ3) is 1.48. The lowest BCUT2D eigenvalue weighted by molar-refractivity contribution is -0.146. The van der Waals surface area contributed by atoms with E-state index >= 15 is 0 Å². The zero-order valence-corrected chi connectivity index (χ0v) is 13.0. The van der Waals surface area contributed by atoms with Crippen LogP contribution in [0.1, 0.15) is 47.0 Å². The topological polar surface area (TPSA) is 26.3 Å². The van der Waals surface area contributed by atoms with Crippen LogP contribution in [0.5, 0.6) is 0 Å². The molecule has 3 rings (SSSR count). The summed E-state index contributed by atoms with van der Waals surface area (Å²) in [4.78, 5) is 12.1. The second-order valence-electron chi connectivity index (χ2n) is 6.68. The quantitative estimate of drug-likeness (QED) is 0.669. The highest BCUT2D eigenvalue weighted by Crippen LogP contribution is 2.59. The predicted molar refractivity (Wildman–Crippen MR) is 80.1 cm³/mol. The van der Waals surface area contributed by atoms with Gasteiger partial charge in [-0.25, -0.2) is 0 Å². The summed E-state index contributed by atoms with van der Waals surface area (Å²) < 4.78 is 5.88. The van der Waals surface area contributed by atoms with Gasteiger partial charge in [-0.1, -0.05) is 37.6 Å². The molecular weight excluding hydrogens is 248 g/mol. The van der Waals surface area contributed by atoms with Crippen LogP contribution in [0.4, 0.5) is 0 Å². The van der Waals surface area contributed by atoms with Gasteiger partial charge in [-0.2, -0.15) is 0 Å². The Hall–Kier alpha value is -1.31. The number of esters is 1. The number of ether oxygens (including phenoxy) is 1. The molecule has 0 aromatic carbocycles. The van der Waals surface area contributed by atoms with E-state index in [9.17, 15) is 4.79 Å². The zero-order chi connectivity index (χ0) is 14.7. The number of carbonyl (C=O) groups excluding carboxylic acids is 1. The van der Waals surface area contributed by atoms with Crippen LogP contribution in [0.15, 0.2) is 34.9 Å². The summed E-state index contributed by atoms with van der Waals surface area (Å²) >= 11 is 0. The van der Waals surface area contributed by atoms with Crippen LogP contribution in [-0.2, 0) is 9.53 Å². The lowest BCUT2D eigenvalue weighted by atomic mass is 9.66. The van der Waals surface area contributed by atoms with Crippen LogP contribution in [0.3, 0.4) is 0 Å². The van der Waals surface area contributed by atoms with Crippen molar-refractivity contribution in [2.45, 2.75) is 53.1 Å². The van der Waals surface area contributed by atoms with Gasteiger partial charge in [-0.05, 0) is 44.3 Å². The summed E-state index contributed by atoms with van der Waals surface area (Å²) in [6.45, 7) is 12.9. The van der Waals surface area contributed by atoms with E-state index in [1.54, 1.807) is 0 Å². The van der Waals surface area contributed by atoms with Crippen LogP contribution in [-0.4, -0.2) is 12.1 Å². The van der Waals surface area contributed by atoms with Gasteiger partial charge in [0.1, 0.15) is 6.10 Å². The Balaban J connectivity index is 2.21. The van der Waals surface area contributed by atoms with Gasteiger partial charge in [0.05, 0.1) is 11.3 Å². The molecule has 0 bridgehead atoms. The number of fused-ring (bicyclic) bond motifs is 3. The van der Waals surface area contributed by atoms with Crippen molar-refractivity contribution in [1.82, 2.24) is 0 Å². The highest BCUT2D eigenvalue weighted by Gasteiger charge is 2.57. The van der Waals surface area contributed by atoms with Crippen molar-refractivity contribution in [3.8, 4) is 0 Å². The average molecular weight is 272 g/mol. The molecule has 1 aliphatic heterocycles. The molecule has 0 saturated carbocycles. The van der Waals surface area contributed by atoms with Gasteiger partial charge < -0.3 is 4.74 Å². The van der Waals surface area contributed by atoms with Crippen molar-refractivity contribution in [3.63, 3.8) is 0 Å². The molecular formula is C18H24O2. The Bertz CT molecular complexity index is 552. The Morgan fingerprint density at radius 1 is 1.45 bits per heavy atom. The van der Waals surface area contributed by atoms with Crippen molar-refractivity contribution in [1.29, 1.82) is 0 Å². The minimum Gasteiger partial charge on any atom is -0.461 e. The van der Waals surface area contributed by atoms with Crippen molar-refractivity contribution < 1.29 is 9.53 Å². The van der Waals surface area contributed by atoms with E-state index in [2.05, 4.69) is 33.4 Å². The molecule has 0 spiro atoms. The number of hydrogen-bond acceptors (Lipinski definition) is 2. The van der Waals surface area contributed by atoms with Crippen LogP contribution in [0, 0.1) is 17.3 Å². The van der Waals surface area contributed by atoms with Crippen LogP contribution >= 0.6 is 0 Å². The average Bonchev–Trinajstić information content (AvgIpc) is 2.77. The normalized spacial score (nSPS) is 40.2. The Kier molecular flexibility index (Phi) is 2.97. The Labute approximate surface area is 121 Å². The van der Waals surface area contributed by atoms with Crippen LogP contribution < -0.4 is 0 Å². The van der Waals surface area contributed by atoms with Crippen LogP contribution in [0.25, 0.3) is 0 Å². The molecule has 0 radical (unpaired) electrons. The second kappa shape index (κ2) is 4.34. The highest BCUT2D eigenvalue weighted by atomic mass is 16.6. The van der Waals surface area contributed by atoms with Gasteiger partial charge in [-0.3, -0.25) is 4.79 Å². The fraction of sp³-hybridized carbons (Fsp3) is 0.611. The minimum absolute atomic E-state index is 0.00190. The second-order valence-corrected chi connectivity index (χ2v) is 6.68. The summed E-state index contributed by atoms with van der Waals surface area (Å²) in [5.41, 5.74) is 5.11. The molecule has 1 fully saturated rings. The first kappa shape index (κ1) is 13.7. The molecule has 20 heavy (non-hydrogen) atoms. The molecule has 0 aromatic rings. The molecule has 4 atom stereocenters. The maximum Gasteiger partial charge on any atom is 0.309 e. The van der Waals surface area contributed by atoms with E-state index in [1.165, 1.54) is 16.7 Å². The monoisotopic (exact) mass is 272 g/mol. The number of carbonyl (C=O) groups is 1. The molecule has 3 aliphatic rings.